The highest BCUT2D eigenvalue weighted by Gasteiger charge is 2.27. The predicted molar refractivity (Wildman–Crippen MR) is 97.9 cm³/mol. The van der Waals surface area contributed by atoms with Crippen molar-refractivity contribution < 1.29 is 9.37 Å². The minimum absolute atomic E-state index is 0.222. The number of aromatic nitrogens is 2. The number of halogens is 1. The van der Waals surface area contributed by atoms with Gasteiger partial charge in [-0.25, -0.2) is 9.37 Å². The summed E-state index contributed by atoms with van der Waals surface area (Å²) >= 11 is 0. The van der Waals surface area contributed by atoms with E-state index in [9.17, 15) is 4.39 Å². The maximum atomic E-state index is 14.6. The molecule has 2 aromatic heterocycles. The average Bonchev–Trinajstić information content (AvgIpc) is 2.97. The van der Waals surface area contributed by atoms with Crippen LogP contribution in [-0.4, -0.2) is 4.98 Å². The fraction of sp³-hybridized carbons (Fsp3) is 0.0952. The van der Waals surface area contributed by atoms with E-state index < -0.39 is 0 Å². The summed E-state index contributed by atoms with van der Waals surface area (Å²) in [5.41, 5.74) is 3.75. The number of aromatic amines is 2. The van der Waals surface area contributed by atoms with Gasteiger partial charge in [0.25, 0.3) is 5.82 Å². The summed E-state index contributed by atoms with van der Waals surface area (Å²) in [6, 6.07) is 20.5. The molecule has 4 rings (SSSR count). The zero-order valence-corrected chi connectivity index (χ0v) is 13.9. The van der Waals surface area contributed by atoms with Crippen LogP contribution in [0.1, 0.15) is 22.9 Å². The Hall–Kier alpha value is -3.14. The molecule has 2 heterocycles. The monoisotopic (exact) mass is 332 g/mol. The standard InChI is InChI=1S/C21H18FN3/c1-14-20(16-9-3-5-11-18(16)24-14)21(15-8-2-4-10-17(15)22)25-19-12-6-7-13-23-19/h2-13,21,24H,1H3,(H,23,25)/p+1/t21-/m0/s1. The lowest BCUT2D eigenvalue weighted by molar-refractivity contribution is -0.361. The second kappa shape index (κ2) is 6.40. The normalized spacial score (nSPS) is 12.2. The number of nitrogens with one attached hydrogen (secondary N) is 3. The van der Waals surface area contributed by atoms with Crippen molar-refractivity contribution in [3.05, 3.63) is 95.6 Å². The molecule has 0 unspecified atom stereocenters. The third-order valence-electron chi connectivity index (χ3n) is 4.46. The molecule has 4 aromatic rings. The SMILES string of the molecule is Cc1[nH]c2ccccc2c1[C@@H](Nc1cccc[nH+]1)c1ccccc1F. The van der Waals surface area contributed by atoms with Crippen LogP contribution in [0.5, 0.6) is 0 Å². The quantitative estimate of drug-likeness (QED) is 0.562. The van der Waals surface area contributed by atoms with Gasteiger partial charge < -0.3 is 4.98 Å². The highest BCUT2D eigenvalue weighted by molar-refractivity contribution is 5.86. The first-order valence-corrected chi connectivity index (χ1v) is 8.29. The van der Waals surface area contributed by atoms with Crippen molar-refractivity contribution in [3.63, 3.8) is 0 Å². The Morgan fingerprint density at radius 1 is 0.960 bits per heavy atom. The largest absolute Gasteiger partial charge is 0.358 e. The molecule has 0 saturated heterocycles. The number of hydrogen-bond acceptors (Lipinski definition) is 1. The molecule has 0 saturated carbocycles. The number of benzene rings is 2. The van der Waals surface area contributed by atoms with Crippen LogP contribution in [0.25, 0.3) is 10.9 Å². The fourth-order valence-electron chi connectivity index (χ4n) is 3.32. The maximum absolute atomic E-state index is 14.6. The van der Waals surface area contributed by atoms with Crippen molar-refractivity contribution in [2.45, 2.75) is 13.0 Å². The van der Waals surface area contributed by atoms with Gasteiger partial charge >= 0.3 is 0 Å². The van der Waals surface area contributed by atoms with E-state index in [-0.39, 0.29) is 11.9 Å². The van der Waals surface area contributed by atoms with Crippen molar-refractivity contribution in [2.24, 2.45) is 0 Å². The summed E-state index contributed by atoms with van der Waals surface area (Å²) in [6.45, 7) is 2.03. The van der Waals surface area contributed by atoms with Crippen LogP contribution in [0.15, 0.2) is 72.9 Å². The lowest BCUT2D eigenvalue weighted by atomic mass is 9.95. The van der Waals surface area contributed by atoms with Gasteiger partial charge in [-0.1, -0.05) is 42.5 Å². The fourth-order valence-corrected chi connectivity index (χ4v) is 3.32. The predicted octanol–water partition coefficient (Wildman–Crippen LogP) is 4.63. The van der Waals surface area contributed by atoms with Crippen LogP contribution in [-0.2, 0) is 0 Å². The first-order valence-electron chi connectivity index (χ1n) is 8.29. The summed E-state index contributed by atoms with van der Waals surface area (Å²) in [6.07, 6.45) is 1.85. The van der Waals surface area contributed by atoms with E-state index >= 15 is 0 Å². The van der Waals surface area contributed by atoms with Gasteiger partial charge in [-0.15, -0.1) is 0 Å². The Morgan fingerprint density at radius 2 is 1.72 bits per heavy atom. The molecular formula is C21H19FN3+. The molecular weight excluding hydrogens is 313 g/mol. The third-order valence-corrected chi connectivity index (χ3v) is 4.46. The topological polar surface area (TPSA) is 42.0 Å². The molecule has 1 atom stereocenters. The molecule has 0 fully saturated rings. The van der Waals surface area contributed by atoms with Gasteiger partial charge in [0.2, 0.25) is 0 Å². The smallest absolute Gasteiger partial charge is 0.272 e. The maximum Gasteiger partial charge on any atom is 0.272 e. The zero-order valence-electron chi connectivity index (χ0n) is 13.9. The van der Waals surface area contributed by atoms with Crippen molar-refractivity contribution in [2.75, 3.05) is 5.32 Å². The summed E-state index contributed by atoms with van der Waals surface area (Å²) in [4.78, 5) is 6.58. The summed E-state index contributed by atoms with van der Waals surface area (Å²) in [5.74, 6) is 0.612. The number of rotatable bonds is 4. The van der Waals surface area contributed by atoms with Crippen LogP contribution in [0.2, 0.25) is 0 Å². The summed E-state index contributed by atoms with van der Waals surface area (Å²) in [5, 5.41) is 4.55. The average molecular weight is 332 g/mol. The van der Waals surface area contributed by atoms with Crippen molar-refractivity contribution >= 4 is 16.7 Å². The van der Waals surface area contributed by atoms with Crippen LogP contribution >= 0.6 is 0 Å². The molecule has 0 radical (unpaired) electrons. The van der Waals surface area contributed by atoms with Crippen LogP contribution in [0.3, 0.4) is 0 Å². The Morgan fingerprint density at radius 3 is 2.52 bits per heavy atom. The van der Waals surface area contributed by atoms with Crippen molar-refractivity contribution in [3.8, 4) is 0 Å². The number of H-pyrrole nitrogens is 2. The molecule has 4 heteroatoms. The first kappa shape index (κ1) is 15.4. The second-order valence-electron chi connectivity index (χ2n) is 6.08. The van der Waals surface area contributed by atoms with Gasteiger partial charge in [-0.2, -0.15) is 0 Å². The lowest BCUT2D eigenvalue weighted by Crippen LogP contribution is -2.20. The van der Waals surface area contributed by atoms with Gasteiger partial charge in [0.15, 0.2) is 0 Å². The minimum atomic E-state index is -0.309. The zero-order chi connectivity index (χ0) is 17.2. The van der Waals surface area contributed by atoms with Gasteiger partial charge in [0.1, 0.15) is 11.9 Å². The van der Waals surface area contributed by atoms with Crippen molar-refractivity contribution in [1.29, 1.82) is 0 Å². The molecule has 0 bridgehead atoms. The molecule has 0 spiro atoms. The van der Waals surface area contributed by atoms with Gasteiger partial charge in [-0.3, -0.25) is 5.32 Å². The number of para-hydroxylation sites is 1. The lowest BCUT2D eigenvalue weighted by Gasteiger charge is -2.16. The van der Waals surface area contributed by atoms with E-state index in [0.717, 1.165) is 28.0 Å². The number of fused-ring (bicyclic) bond motifs is 1. The summed E-state index contributed by atoms with van der Waals surface area (Å²) < 4.78 is 14.6. The van der Waals surface area contributed by atoms with Crippen LogP contribution in [0, 0.1) is 12.7 Å². The van der Waals surface area contributed by atoms with E-state index in [4.69, 9.17) is 0 Å². The van der Waals surface area contributed by atoms with E-state index in [1.807, 2.05) is 61.7 Å². The minimum Gasteiger partial charge on any atom is -0.358 e. The van der Waals surface area contributed by atoms with Gasteiger partial charge in [-0.05, 0) is 25.1 Å². The van der Waals surface area contributed by atoms with E-state index in [1.54, 1.807) is 6.07 Å². The Kier molecular flexibility index (Phi) is 3.94. The first-order chi connectivity index (χ1) is 12.2. The summed E-state index contributed by atoms with van der Waals surface area (Å²) in [7, 11) is 0. The van der Waals surface area contributed by atoms with E-state index in [0.29, 0.717) is 5.56 Å². The van der Waals surface area contributed by atoms with E-state index in [2.05, 4.69) is 21.4 Å². The second-order valence-corrected chi connectivity index (χ2v) is 6.08. The highest BCUT2D eigenvalue weighted by Crippen LogP contribution is 2.34. The molecule has 0 aliphatic rings. The number of aryl methyl sites for hydroxylation is 1. The van der Waals surface area contributed by atoms with Gasteiger partial charge in [0.05, 0.1) is 6.20 Å². The van der Waals surface area contributed by atoms with E-state index in [1.165, 1.54) is 6.07 Å². The Balaban J connectivity index is 1.91. The molecule has 0 aliphatic carbocycles. The molecule has 25 heavy (non-hydrogen) atoms. The molecule has 0 amide bonds. The van der Waals surface area contributed by atoms with Crippen molar-refractivity contribution in [1.82, 2.24) is 4.98 Å². The Labute approximate surface area is 145 Å². The number of anilines is 1. The Bertz CT molecular complexity index is 1010. The van der Waals surface area contributed by atoms with Gasteiger partial charge in [0, 0.05) is 33.8 Å². The molecule has 0 aliphatic heterocycles. The molecule has 3 N–H and O–H groups in total. The van der Waals surface area contributed by atoms with Crippen LogP contribution < -0.4 is 10.3 Å². The molecule has 124 valence electrons. The molecule has 3 nitrogen and oxygen atoms in total. The number of pyridine rings is 1. The highest BCUT2D eigenvalue weighted by atomic mass is 19.1. The number of hydrogen-bond donors (Lipinski definition) is 2. The molecule has 2 aromatic carbocycles. The third kappa shape index (κ3) is 2.87. The van der Waals surface area contributed by atoms with Crippen LogP contribution in [0.4, 0.5) is 10.2 Å².